The SMILES string of the molecule is Cc1ccc(CC2(NC(=O)CN(C)C3CCNCC3)CC2)cc1. The molecule has 0 bridgehead atoms. The van der Waals surface area contributed by atoms with Crippen molar-refractivity contribution in [2.45, 2.75) is 50.6 Å². The molecule has 4 heteroatoms. The van der Waals surface area contributed by atoms with Crippen LogP contribution in [0.3, 0.4) is 0 Å². The van der Waals surface area contributed by atoms with Gasteiger partial charge >= 0.3 is 0 Å². The quantitative estimate of drug-likeness (QED) is 0.842. The average Bonchev–Trinajstić information content (AvgIpc) is 3.29. The summed E-state index contributed by atoms with van der Waals surface area (Å²) in [6.45, 7) is 4.75. The first kappa shape index (κ1) is 16.5. The zero-order valence-corrected chi connectivity index (χ0v) is 14.4. The number of benzene rings is 1. The number of carbonyl (C=O) groups excluding carboxylic acids is 1. The highest BCUT2D eigenvalue weighted by Crippen LogP contribution is 2.38. The number of aryl methyl sites for hydroxylation is 1. The molecule has 1 aromatic rings. The molecule has 1 aliphatic heterocycles. The Morgan fingerprint density at radius 2 is 1.91 bits per heavy atom. The van der Waals surface area contributed by atoms with E-state index in [2.05, 4.69) is 53.8 Å². The Hall–Kier alpha value is -1.39. The van der Waals surface area contributed by atoms with Crippen LogP contribution < -0.4 is 10.6 Å². The fourth-order valence-electron chi connectivity index (χ4n) is 3.53. The predicted octanol–water partition coefficient (Wildman–Crippen LogP) is 1.87. The van der Waals surface area contributed by atoms with Gasteiger partial charge in [-0.05, 0) is 64.7 Å². The Morgan fingerprint density at radius 3 is 2.52 bits per heavy atom. The Labute approximate surface area is 139 Å². The van der Waals surface area contributed by atoms with Crippen LogP contribution >= 0.6 is 0 Å². The van der Waals surface area contributed by atoms with Gasteiger partial charge in [0.25, 0.3) is 0 Å². The minimum absolute atomic E-state index is 0.0152. The Balaban J connectivity index is 1.49. The van der Waals surface area contributed by atoms with Crippen LogP contribution in [-0.2, 0) is 11.2 Å². The van der Waals surface area contributed by atoms with E-state index >= 15 is 0 Å². The van der Waals surface area contributed by atoms with Crippen LogP contribution in [0.25, 0.3) is 0 Å². The molecule has 126 valence electrons. The largest absolute Gasteiger partial charge is 0.349 e. The molecule has 0 unspecified atom stereocenters. The van der Waals surface area contributed by atoms with Gasteiger partial charge in [-0.25, -0.2) is 0 Å². The van der Waals surface area contributed by atoms with Crippen molar-refractivity contribution >= 4 is 5.91 Å². The van der Waals surface area contributed by atoms with E-state index in [1.807, 2.05) is 0 Å². The number of rotatable bonds is 6. The zero-order chi connectivity index (χ0) is 16.3. The Bertz CT molecular complexity index is 530. The van der Waals surface area contributed by atoms with Gasteiger partial charge in [0, 0.05) is 11.6 Å². The maximum Gasteiger partial charge on any atom is 0.234 e. The van der Waals surface area contributed by atoms with Gasteiger partial charge in [0.05, 0.1) is 6.54 Å². The van der Waals surface area contributed by atoms with Gasteiger partial charge in [0.2, 0.25) is 5.91 Å². The highest BCUT2D eigenvalue weighted by Gasteiger charge is 2.43. The molecule has 23 heavy (non-hydrogen) atoms. The lowest BCUT2D eigenvalue weighted by Crippen LogP contribution is -2.48. The average molecular weight is 315 g/mol. The molecule has 0 aromatic heterocycles. The van der Waals surface area contributed by atoms with E-state index in [-0.39, 0.29) is 11.4 Å². The van der Waals surface area contributed by atoms with Crippen molar-refractivity contribution in [3.63, 3.8) is 0 Å². The standard InChI is InChI=1S/C19H29N3O/c1-15-3-5-16(6-4-15)13-19(9-10-19)21-18(23)14-22(2)17-7-11-20-12-8-17/h3-6,17,20H,7-14H2,1-2H3,(H,21,23). The normalized spacial score (nSPS) is 20.5. The van der Waals surface area contributed by atoms with E-state index in [0.717, 1.165) is 45.2 Å². The first-order valence-corrected chi connectivity index (χ1v) is 8.84. The molecule has 0 spiro atoms. The lowest BCUT2D eigenvalue weighted by molar-refractivity contribution is -0.123. The maximum atomic E-state index is 12.4. The summed E-state index contributed by atoms with van der Waals surface area (Å²) in [5, 5.41) is 6.68. The molecule has 0 radical (unpaired) electrons. The lowest BCUT2D eigenvalue weighted by atomic mass is 10.0. The van der Waals surface area contributed by atoms with Gasteiger partial charge < -0.3 is 10.6 Å². The van der Waals surface area contributed by atoms with Crippen molar-refractivity contribution in [1.29, 1.82) is 0 Å². The zero-order valence-electron chi connectivity index (χ0n) is 14.4. The van der Waals surface area contributed by atoms with Crippen LogP contribution in [0, 0.1) is 6.92 Å². The van der Waals surface area contributed by atoms with Crippen molar-refractivity contribution in [2.24, 2.45) is 0 Å². The molecular formula is C19H29N3O. The number of nitrogens with one attached hydrogen (secondary N) is 2. The predicted molar refractivity (Wildman–Crippen MR) is 93.5 cm³/mol. The number of piperidine rings is 1. The van der Waals surface area contributed by atoms with Crippen molar-refractivity contribution < 1.29 is 4.79 Å². The van der Waals surface area contributed by atoms with E-state index in [1.165, 1.54) is 11.1 Å². The number of hydrogen-bond donors (Lipinski definition) is 2. The number of likely N-dealkylation sites (N-methyl/N-ethyl adjacent to an activating group) is 1. The lowest BCUT2D eigenvalue weighted by Gasteiger charge is -2.31. The number of hydrogen-bond acceptors (Lipinski definition) is 3. The van der Waals surface area contributed by atoms with E-state index in [1.54, 1.807) is 0 Å². The van der Waals surface area contributed by atoms with E-state index in [9.17, 15) is 4.79 Å². The summed E-state index contributed by atoms with van der Waals surface area (Å²) in [6.07, 6.45) is 5.43. The molecule has 1 heterocycles. The fourth-order valence-corrected chi connectivity index (χ4v) is 3.53. The molecular weight excluding hydrogens is 286 g/mol. The van der Waals surface area contributed by atoms with Crippen molar-refractivity contribution in [3.05, 3.63) is 35.4 Å². The molecule has 1 aromatic carbocycles. The Morgan fingerprint density at radius 1 is 1.26 bits per heavy atom. The topological polar surface area (TPSA) is 44.4 Å². The third-order valence-electron chi connectivity index (χ3n) is 5.25. The highest BCUT2D eigenvalue weighted by molar-refractivity contribution is 5.79. The molecule has 1 saturated carbocycles. The molecule has 1 amide bonds. The summed E-state index contributed by atoms with van der Waals surface area (Å²) in [7, 11) is 2.08. The minimum atomic E-state index is 0.0152. The van der Waals surface area contributed by atoms with Crippen LogP contribution in [0.5, 0.6) is 0 Å². The highest BCUT2D eigenvalue weighted by atomic mass is 16.2. The smallest absolute Gasteiger partial charge is 0.234 e. The monoisotopic (exact) mass is 315 g/mol. The summed E-state index contributed by atoms with van der Waals surface area (Å²) in [5.41, 5.74) is 2.62. The van der Waals surface area contributed by atoms with Crippen LogP contribution in [-0.4, -0.2) is 49.1 Å². The van der Waals surface area contributed by atoms with Gasteiger partial charge in [-0.2, -0.15) is 0 Å². The number of amides is 1. The first-order chi connectivity index (χ1) is 11.1. The number of carbonyl (C=O) groups is 1. The molecule has 2 fully saturated rings. The summed E-state index contributed by atoms with van der Waals surface area (Å²) in [4.78, 5) is 14.6. The third kappa shape index (κ3) is 4.55. The van der Waals surface area contributed by atoms with Gasteiger partial charge in [0.1, 0.15) is 0 Å². The summed E-state index contributed by atoms with van der Waals surface area (Å²) < 4.78 is 0. The number of nitrogens with zero attached hydrogens (tertiary/aromatic N) is 1. The van der Waals surface area contributed by atoms with Gasteiger partial charge in [-0.1, -0.05) is 29.8 Å². The summed E-state index contributed by atoms with van der Waals surface area (Å²) in [6, 6.07) is 9.20. The summed E-state index contributed by atoms with van der Waals surface area (Å²) in [5.74, 6) is 0.177. The molecule has 3 rings (SSSR count). The third-order valence-corrected chi connectivity index (χ3v) is 5.25. The van der Waals surface area contributed by atoms with Crippen LogP contribution in [0.2, 0.25) is 0 Å². The molecule has 2 aliphatic rings. The molecule has 4 nitrogen and oxygen atoms in total. The molecule has 2 N–H and O–H groups in total. The van der Waals surface area contributed by atoms with Crippen LogP contribution in [0.4, 0.5) is 0 Å². The minimum Gasteiger partial charge on any atom is -0.349 e. The van der Waals surface area contributed by atoms with Crippen LogP contribution in [0.1, 0.15) is 36.8 Å². The van der Waals surface area contributed by atoms with E-state index in [4.69, 9.17) is 0 Å². The van der Waals surface area contributed by atoms with Gasteiger partial charge in [-0.3, -0.25) is 9.69 Å². The maximum absolute atomic E-state index is 12.4. The molecule has 1 saturated heterocycles. The first-order valence-electron chi connectivity index (χ1n) is 8.84. The molecule has 0 atom stereocenters. The van der Waals surface area contributed by atoms with Crippen molar-refractivity contribution in [3.8, 4) is 0 Å². The van der Waals surface area contributed by atoms with Crippen LogP contribution in [0.15, 0.2) is 24.3 Å². The van der Waals surface area contributed by atoms with Crippen molar-refractivity contribution in [2.75, 3.05) is 26.7 Å². The van der Waals surface area contributed by atoms with E-state index < -0.39 is 0 Å². The second-order valence-corrected chi connectivity index (χ2v) is 7.39. The van der Waals surface area contributed by atoms with Gasteiger partial charge in [-0.15, -0.1) is 0 Å². The second-order valence-electron chi connectivity index (χ2n) is 7.39. The molecule has 1 aliphatic carbocycles. The van der Waals surface area contributed by atoms with Crippen molar-refractivity contribution in [1.82, 2.24) is 15.5 Å². The van der Waals surface area contributed by atoms with Gasteiger partial charge in [0.15, 0.2) is 0 Å². The Kier molecular flexibility index (Phi) is 5.02. The fraction of sp³-hybridized carbons (Fsp3) is 0.632. The second kappa shape index (κ2) is 7.02. The summed E-state index contributed by atoms with van der Waals surface area (Å²) >= 11 is 0. The van der Waals surface area contributed by atoms with E-state index in [0.29, 0.717) is 12.6 Å².